The van der Waals surface area contributed by atoms with Gasteiger partial charge in [-0.05, 0) is 35.9 Å². The van der Waals surface area contributed by atoms with E-state index in [4.69, 9.17) is 16.3 Å². The summed E-state index contributed by atoms with van der Waals surface area (Å²) >= 11 is 5.66. The average molecular weight is 304 g/mol. The predicted octanol–water partition coefficient (Wildman–Crippen LogP) is 3.98. The van der Waals surface area contributed by atoms with Gasteiger partial charge in [-0.2, -0.15) is 5.26 Å². The number of rotatable bonds is 4. The van der Waals surface area contributed by atoms with Gasteiger partial charge < -0.3 is 4.74 Å². The number of Topliss-reactive ketones (excluding diaryl/α,β-unsaturated/α-hetero) is 1. The Morgan fingerprint density at radius 3 is 2.48 bits per heavy atom. The number of ketones is 1. The summed E-state index contributed by atoms with van der Waals surface area (Å²) in [5.41, 5.74) is 0.743. The molecule has 0 aliphatic heterocycles. The van der Waals surface area contributed by atoms with Crippen LogP contribution < -0.4 is 4.74 Å². The van der Waals surface area contributed by atoms with E-state index in [1.807, 2.05) is 6.07 Å². The van der Waals surface area contributed by atoms with Crippen LogP contribution in [0.25, 0.3) is 0 Å². The summed E-state index contributed by atoms with van der Waals surface area (Å²) in [4.78, 5) is 12.4. The highest BCUT2D eigenvalue weighted by Crippen LogP contribution is 2.25. The number of benzene rings is 2. The first-order valence-electron chi connectivity index (χ1n) is 6.09. The lowest BCUT2D eigenvalue weighted by Crippen LogP contribution is -2.11. The van der Waals surface area contributed by atoms with Crippen LogP contribution in [-0.2, 0) is 0 Å². The van der Waals surface area contributed by atoms with Crippen LogP contribution in [0.2, 0.25) is 5.02 Å². The van der Waals surface area contributed by atoms with E-state index in [0.29, 0.717) is 11.3 Å². The van der Waals surface area contributed by atoms with Gasteiger partial charge in [0.2, 0.25) is 0 Å². The maximum absolute atomic E-state index is 13.1. The van der Waals surface area contributed by atoms with Gasteiger partial charge in [0.25, 0.3) is 0 Å². The van der Waals surface area contributed by atoms with Gasteiger partial charge in [0.15, 0.2) is 5.78 Å². The van der Waals surface area contributed by atoms with Gasteiger partial charge >= 0.3 is 0 Å². The summed E-state index contributed by atoms with van der Waals surface area (Å²) in [6.45, 7) is 0. The first kappa shape index (κ1) is 15.0. The molecule has 5 heteroatoms. The normalized spacial score (nSPS) is 11.5. The molecule has 2 aromatic rings. The first-order chi connectivity index (χ1) is 10.1. The van der Waals surface area contributed by atoms with Gasteiger partial charge in [0, 0.05) is 5.56 Å². The Balaban J connectivity index is 2.33. The number of nitriles is 1. The number of carbonyl (C=O) groups is 1. The minimum Gasteiger partial charge on any atom is -0.497 e. The third kappa shape index (κ3) is 3.21. The molecule has 2 rings (SSSR count). The number of hydrogen-bond acceptors (Lipinski definition) is 3. The zero-order chi connectivity index (χ0) is 15.4. The predicted molar refractivity (Wildman–Crippen MR) is 77.1 cm³/mol. The SMILES string of the molecule is COc1ccc(C(C#N)C(=O)c2ccc(F)c(Cl)c2)cc1. The van der Waals surface area contributed by atoms with Crippen molar-refractivity contribution < 1.29 is 13.9 Å². The van der Waals surface area contributed by atoms with Gasteiger partial charge in [-0.1, -0.05) is 23.7 Å². The summed E-state index contributed by atoms with van der Waals surface area (Å²) in [5, 5.41) is 9.11. The average Bonchev–Trinajstić information content (AvgIpc) is 2.51. The summed E-state index contributed by atoms with van der Waals surface area (Å²) in [5.74, 6) is -1.37. The molecule has 1 unspecified atom stereocenters. The first-order valence-corrected chi connectivity index (χ1v) is 6.47. The van der Waals surface area contributed by atoms with Crippen molar-refractivity contribution in [2.75, 3.05) is 7.11 Å². The summed E-state index contributed by atoms with van der Waals surface area (Å²) < 4.78 is 18.2. The van der Waals surface area contributed by atoms with Gasteiger partial charge in [-0.25, -0.2) is 4.39 Å². The molecule has 0 saturated heterocycles. The summed E-state index contributed by atoms with van der Waals surface area (Å²) in [6.07, 6.45) is 0. The number of halogens is 2. The second-order valence-corrected chi connectivity index (χ2v) is 4.74. The molecule has 21 heavy (non-hydrogen) atoms. The Labute approximate surface area is 126 Å². The third-order valence-electron chi connectivity index (χ3n) is 3.04. The van der Waals surface area contributed by atoms with Crippen molar-refractivity contribution in [2.24, 2.45) is 0 Å². The fourth-order valence-corrected chi connectivity index (χ4v) is 2.08. The highest BCUT2D eigenvalue weighted by molar-refractivity contribution is 6.31. The second-order valence-electron chi connectivity index (χ2n) is 4.33. The van der Waals surface area contributed by atoms with Gasteiger partial charge in [-0.3, -0.25) is 4.79 Å². The molecular weight excluding hydrogens is 293 g/mol. The van der Waals surface area contributed by atoms with E-state index >= 15 is 0 Å². The lowest BCUT2D eigenvalue weighted by molar-refractivity contribution is 0.0979. The van der Waals surface area contributed by atoms with E-state index in [2.05, 4.69) is 0 Å². The fourth-order valence-electron chi connectivity index (χ4n) is 1.90. The molecule has 0 fully saturated rings. The Bertz CT molecular complexity index is 707. The molecule has 3 nitrogen and oxygen atoms in total. The maximum atomic E-state index is 13.1. The molecule has 0 bridgehead atoms. The van der Waals surface area contributed by atoms with Gasteiger partial charge in [0.05, 0.1) is 18.2 Å². The van der Waals surface area contributed by atoms with Crippen molar-refractivity contribution in [3.05, 3.63) is 64.4 Å². The Hall–Kier alpha value is -2.38. The van der Waals surface area contributed by atoms with Crippen molar-refractivity contribution in [2.45, 2.75) is 5.92 Å². The zero-order valence-corrected chi connectivity index (χ0v) is 11.9. The number of carbonyl (C=O) groups excluding carboxylic acids is 1. The van der Waals surface area contributed by atoms with Crippen LogP contribution in [-0.4, -0.2) is 12.9 Å². The van der Waals surface area contributed by atoms with Crippen LogP contribution in [0.5, 0.6) is 5.75 Å². The van der Waals surface area contributed by atoms with E-state index in [9.17, 15) is 14.4 Å². The van der Waals surface area contributed by atoms with Crippen LogP contribution in [0.4, 0.5) is 4.39 Å². The molecule has 1 atom stereocenters. The highest BCUT2D eigenvalue weighted by Gasteiger charge is 2.22. The number of hydrogen-bond donors (Lipinski definition) is 0. The molecule has 0 aromatic heterocycles. The van der Waals surface area contributed by atoms with Crippen LogP contribution >= 0.6 is 11.6 Å². The zero-order valence-electron chi connectivity index (χ0n) is 11.1. The van der Waals surface area contributed by atoms with Gasteiger partial charge in [0.1, 0.15) is 17.5 Å². The van der Waals surface area contributed by atoms with Gasteiger partial charge in [-0.15, -0.1) is 0 Å². The lowest BCUT2D eigenvalue weighted by Gasteiger charge is -2.10. The molecule has 0 heterocycles. The van der Waals surface area contributed by atoms with E-state index < -0.39 is 17.5 Å². The monoisotopic (exact) mass is 303 g/mol. The fraction of sp³-hybridized carbons (Fsp3) is 0.125. The quantitative estimate of drug-likeness (QED) is 0.803. The molecule has 0 aliphatic rings. The Morgan fingerprint density at radius 1 is 1.29 bits per heavy atom. The second kappa shape index (κ2) is 6.38. The topological polar surface area (TPSA) is 50.1 Å². The lowest BCUT2D eigenvalue weighted by atomic mass is 9.92. The maximum Gasteiger partial charge on any atom is 0.184 e. The van der Waals surface area contributed by atoms with Crippen molar-refractivity contribution >= 4 is 17.4 Å². The van der Waals surface area contributed by atoms with Crippen LogP contribution in [0.3, 0.4) is 0 Å². The summed E-state index contributed by atoms with van der Waals surface area (Å²) in [6, 6.07) is 12.3. The van der Waals surface area contributed by atoms with Crippen molar-refractivity contribution in [1.82, 2.24) is 0 Å². The third-order valence-corrected chi connectivity index (χ3v) is 3.33. The molecular formula is C16H11ClFNO2. The van der Waals surface area contributed by atoms with E-state index in [1.54, 1.807) is 24.3 Å². The van der Waals surface area contributed by atoms with E-state index in [1.165, 1.54) is 19.2 Å². The van der Waals surface area contributed by atoms with Crippen LogP contribution in [0.1, 0.15) is 21.8 Å². The number of nitrogens with zero attached hydrogens (tertiary/aromatic N) is 1. The molecule has 0 N–H and O–H groups in total. The smallest absolute Gasteiger partial charge is 0.184 e. The van der Waals surface area contributed by atoms with Crippen molar-refractivity contribution in [3.8, 4) is 11.8 Å². The molecule has 106 valence electrons. The standard InChI is InChI=1S/C16H11ClFNO2/c1-21-12-5-2-10(3-6-12)13(9-19)16(20)11-4-7-15(18)14(17)8-11/h2-8,13H,1H3. The Morgan fingerprint density at radius 2 is 1.95 bits per heavy atom. The minimum absolute atomic E-state index is 0.146. The van der Waals surface area contributed by atoms with Crippen LogP contribution in [0.15, 0.2) is 42.5 Å². The number of ether oxygens (including phenoxy) is 1. The number of methoxy groups -OCH3 is 1. The Kier molecular flexibility index (Phi) is 4.56. The molecule has 2 aromatic carbocycles. The van der Waals surface area contributed by atoms with E-state index in [-0.39, 0.29) is 10.6 Å². The highest BCUT2D eigenvalue weighted by atomic mass is 35.5. The minimum atomic E-state index is -0.975. The molecule has 0 aliphatic carbocycles. The van der Waals surface area contributed by atoms with Crippen molar-refractivity contribution in [3.63, 3.8) is 0 Å². The molecule has 0 saturated carbocycles. The molecule has 0 amide bonds. The summed E-state index contributed by atoms with van der Waals surface area (Å²) in [7, 11) is 1.53. The molecule has 0 spiro atoms. The van der Waals surface area contributed by atoms with E-state index in [0.717, 1.165) is 6.07 Å². The van der Waals surface area contributed by atoms with Crippen LogP contribution in [0, 0.1) is 17.1 Å². The van der Waals surface area contributed by atoms with Crippen molar-refractivity contribution in [1.29, 1.82) is 5.26 Å². The largest absolute Gasteiger partial charge is 0.497 e. The molecule has 0 radical (unpaired) electrons.